The predicted octanol–water partition coefficient (Wildman–Crippen LogP) is 10.9. The second kappa shape index (κ2) is 35.6. The fourth-order valence-corrected chi connectivity index (χ4v) is 24.6. The van der Waals surface area contributed by atoms with E-state index in [0.717, 1.165) is 44.1 Å². The van der Waals surface area contributed by atoms with Crippen molar-refractivity contribution in [3.63, 3.8) is 0 Å². The van der Waals surface area contributed by atoms with Crippen molar-refractivity contribution in [1.82, 2.24) is 0 Å². The molecule has 0 radical (unpaired) electrons. The normalized spacial score (nSPS) is 43.6. The monoisotopic (exact) mass is 1670 g/mol. The number of ether oxygens (including phenoxy) is 13. The average molecular weight is 1670 g/mol. The summed E-state index contributed by atoms with van der Waals surface area (Å²) in [5.74, 6) is -3.24. The van der Waals surface area contributed by atoms with Crippen molar-refractivity contribution in [3.8, 4) is 5.75 Å². The molecule has 4 saturated heterocycles. The Hall–Kier alpha value is -5.37. The van der Waals surface area contributed by atoms with Gasteiger partial charge in [-0.1, -0.05) is 124 Å². The van der Waals surface area contributed by atoms with Gasteiger partial charge in [-0.25, -0.2) is 14.4 Å². The summed E-state index contributed by atoms with van der Waals surface area (Å²) in [7, 11) is 1.50. The van der Waals surface area contributed by atoms with E-state index in [2.05, 4.69) is 67.5 Å². The van der Waals surface area contributed by atoms with Crippen LogP contribution in [0.1, 0.15) is 225 Å². The Bertz CT molecular complexity index is 3960. The van der Waals surface area contributed by atoms with Crippen molar-refractivity contribution in [2.45, 2.75) is 327 Å². The van der Waals surface area contributed by atoms with Crippen molar-refractivity contribution in [1.29, 1.82) is 0 Å². The molecule has 0 aromatic heterocycles. The van der Waals surface area contributed by atoms with Crippen LogP contribution < -0.4 is 4.74 Å². The third-order valence-corrected chi connectivity index (χ3v) is 32.0. The number of ketones is 2. The second-order valence-corrected chi connectivity index (χ2v) is 39.6. The largest absolute Gasteiger partial charge is 0.508 e. The lowest BCUT2D eigenvalue weighted by Gasteiger charge is -2.59. The second-order valence-electron chi connectivity index (χ2n) is 39.6. The van der Waals surface area contributed by atoms with Crippen LogP contribution in [0.15, 0.2) is 71.8 Å². The zero-order valence-corrected chi connectivity index (χ0v) is 72.1. The fraction of sp³-hybridized carbons (Fsp3) is 0.774. The molecule has 8 N–H and O–H groups in total. The standard InChI is InChI=1S/C93H134O26/c1-47(2)15-29-67(94)52(8)92(105)73(114-83-50(6)77(71(98)45-108-83)118-85-79(75(100)69(96)43-110-85)116-81(102)54-19-17-49(5)18-20-54)41-65-61-27-23-56-39-59(31-35-88(56,10)63(61)33-37-90(65,92)12)112-87(104)113-60-32-36-89(11)57(40-60)24-28-62-64(89)34-38-91(13)66(62)42-74(93(91,106)53(9)68(95)30-16-48(3)4)115-84-51(7)78(72(99)46-109-84)119-86-80(76(101)70(97)44-111-86)117-82(103)55-21-25-58(107-14)26-22-55/h17-26,47-48,50-53,59-66,69-80,83-86,96-101,105-106H,15-16,27-46H2,1-14H3/t50?,51?,52-,53-,59-,60+,61-,62-,63?,64?,65+,66+,69?,70?,71?,72?,73+,74+,75?,76?,77?,78?,79?,80?,83?,84?,85?,86?,88+,89+,90+,91+,92-,93-/m1/s1. The van der Waals surface area contributed by atoms with Gasteiger partial charge in [0.2, 0.25) is 0 Å². The molecule has 2 aromatic rings. The number of benzene rings is 2. The molecule has 119 heavy (non-hydrogen) atoms. The van der Waals surface area contributed by atoms with E-state index in [0.29, 0.717) is 82.8 Å². The summed E-state index contributed by atoms with van der Waals surface area (Å²) in [4.78, 5) is 70.4. The first kappa shape index (κ1) is 89.9. The molecule has 18 unspecified atom stereocenters. The molecule has 0 amide bonds. The number of rotatable bonds is 25. The van der Waals surface area contributed by atoms with Crippen LogP contribution in [0.3, 0.4) is 0 Å². The highest BCUT2D eigenvalue weighted by atomic mass is 16.8. The van der Waals surface area contributed by atoms with Crippen LogP contribution in [0, 0.1) is 99.6 Å². The van der Waals surface area contributed by atoms with Gasteiger partial charge in [-0.3, -0.25) is 9.59 Å². The van der Waals surface area contributed by atoms with Crippen LogP contribution in [0.25, 0.3) is 0 Å². The molecule has 26 heteroatoms. The van der Waals surface area contributed by atoms with E-state index < -0.39 is 174 Å². The summed E-state index contributed by atoms with van der Waals surface area (Å²) in [6.45, 7) is 25.3. The van der Waals surface area contributed by atoms with E-state index in [9.17, 15) is 64.8 Å². The minimum atomic E-state index is -1.64. The van der Waals surface area contributed by atoms with Gasteiger partial charge in [0, 0.05) is 60.2 Å². The molecule has 4 heterocycles. The first-order valence-electron chi connectivity index (χ1n) is 44.4. The number of carbonyl (C=O) groups excluding carboxylic acids is 5. The van der Waals surface area contributed by atoms with E-state index in [1.807, 2.05) is 20.8 Å². The van der Waals surface area contributed by atoms with Gasteiger partial charge >= 0.3 is 18.1 Å². The molecule has 8 aliphatic carbocycles. The SMILES string of the molecule is COc1ccc(C(=O)OC2C(OC3C(O)COC(O[C@H]4C[C@H]5[C@@H]6CC=C7C[C@@H](OC(=O)O[C@@H]8CC[C@@]9(C)C(=CC[C@@H]%10C9CC[C@@]9(C)[C@H]%10C[C@H](OC%10OCC(O)C(OC%11OCC(O)C(O)C%11OC(=O)c%11ccc(C)cc%11)C%10C)[C@]9(O)[C@H](C)C(=O)CCC(C)C)C8)CC[C@]7(C)C6CC[C@]5(C)[C@@]4(O)[C@H](C)C(=O)CCC(C)C)C3C)OCC(O)C2O)cc1. The van der Waals surface area contributed by atoms with Gasteiger partial charge in [-0.15, -0.1) is 0 Å². The Labute approximate surface area is 700 Å². The molecule has 4 aliphatic heterocycles. The zero-order valence-electron chi connectivity index (χ0n) is 72.1. The number of Topliss-reactive ketones (excluding diaryl/α,β-unsaturated/α-hetero) is 2. The molecule has 0 bridgehead atoms. The third-order valence-electron chi connectivity index (χ3n) is 32.0. The van der Waals surface area contributed by atoms with E-state index in [1.54, 1.807) is 50.2 Å². The molecular weight excluding hydrogens is 1530 g/mol. The summed E-state index contributed by atoms with van der Waals surface area (Å²) >= 11 is 0. The van der Waals surface area contributed by atoms with Crippen LogP contribution in [-0.2, 0) is 66.4 Å². The van der Waals surface area contributed by atoms with E-state index in [4.69, 9.17) is 61.6 Å². The molecule has 26 nitrogen and oxygen atoms in total. The van der Waals surface area contributed by atoms with E-state index >= 15 is 0 Å². The van der Waals surface area contributed by atoms with Crippen molar-refractivity contribution in [2.75, 3.05) is 33.5 Å². The highest BCUT2D eigenvalue weighted by Gasteiger charge is 2.73. The van der Waals surface area contributed by atoms with E-state index in [-0.39, 0.29) is 107 Å². The van der Waals surface area contributed by atoms with Gasteiger partial charge in [0.05, 0.1) is 69.1 Å². The van der Waals surface area contributed by atoms with Gasteiger partial charge in [0.25, 0.3) is 0 Å². The van der Waals surface area contributed by atoms with Gasteiger partial charge in [0.15, 0.2) is 37.4 Å². The minimum absolute atomic E-state index is 0.0387. The Balaban J connectivity index is 0.624. The summed E-state index contributed by atoms with van der Waals surface area (Å²) in [5.41, 5.74) is -1.50. The van der Waals surface area contributed by atoms with Crippen molar-refractivity contribution in [3.05, 3.63) is 88.5 Å². The minimum Gasteiger partial charge on any atom is -0.497 e. The molecule has 6 saturated carbocycles. The molecule has 662 valence electrons. The first-order chi connectivity index (χ1) is 56.4. The molecule has 14 rings (SSSR count). The summed E-state index contributed by atoms with van der Waals surface area (Å²) in [6, 6.07) is 12.9. The number of aliphatic hydroxyl groups is 8. The van der Waals surface area contributed by atoms with Crippen molar-refractivity contribution in [2.24, 2.45) is 92.7 Å². The fourth-order valence-electron chi connectivity index (χ4n) is 24.6. The maximum Gasteiger partial charge on any atom is 0.508 e. The Morgan fingerprint density at radius 3 is 1.24 bits per heavy atom. The predicted molar refractivity (Wildman–Crippen MR) is 431 cm³/mol. The Morgan fingerprint density at radius 1 is 0.471 bits per heavy atom. The highest BCUT2D eigenvalue weighted by Crippen LogP contribution is 2.72. The molecule has 2 aromatic carbocycles. The van der Waals surface area contributed by atoms with Gasteiger partial charge in [0.1, 0.15) is 77.3 Å². The smallest absolute Gasteiger partial charge is 0.497 e. The van der Waals surface area contributed by atoms with Crippen molar-refractivity contribution >= 4 is 29.7 Å². The number of fused-ring (bicyclic) bond motifs is 10. The van der Waals surface area contributed by atoms with Gasteiger partial charge in [-0.05, 0) is 191 Å². The lowest BCUT2D eigenvalue weighted by molar-refractivity contribution is -0.333. The lowest BCUT2D eigenvalue weighted by Crippen LogP contribution is -2.62. The van der Waals surface area contributed by atoms with Crippen molar-refractivity contribution < 1.29 is 126 Å². The van der Waals surface area contributed by atoms with Crippen LogP contribution in [-0.4, -0.2) is 226 Å². The molecular formula is C93H134O26. The third kappa shape index (κ3) is 16.8. The maximum atomic E-state index is 14.6. The maximum absolute atomic E-state index is 14.6. The number of esters is 2. The Morgan fingerprint density at radius 2 is 0.849 bits per heavy atom. The zero-order chi connectivity index (χ0) is 85.5. The number of hydrogen-bond acceptors (Lipinski definition) is 26. The van der Waals surface area contributed by atoms with Crippen LogP contribution in [0.2, 0.25) is 0 Å². The Kier molecular flexibility index (Phi) is 26.9. The lowest BCUT2D eigenvalue weighted by atomic mass is 9.46. The van der Waals surface area contributed by atoms with Gasteiger partial charge < -0.3 is 102 Å². The number of aliphatic hydroxyl groups excluding tert-OH is 6. The topological polar surface area (TPSA) is 367 Å². The van der Waals surface area contributed by atoms with Crippen LogP contribution in [0.5, 0.6) is 5.75 Å². The quantitative estimate of drug-likeness (QED) is 0.0260. The molecule has 34 atom stereocenters. The number of aryl methyl sites for hydroxylation is 1. The summed E-state index contributed by atoms with van der Waals surface area (Å²) in [6.07, 6.45) is -6.04. The molecule has 0 spiro atoms. The van der Waals surface area contributed by atoms with Crippen LogP contribution >= 0.6 is 0 Å². The number of methoxy groups -OCH3 is 1. The van der Waals surface area contributed by atoms with Gasteiger partial charge in [-0.2, -0.15) is 0 Å². The number of allylic oxidation sites excluding steroid dienone is 2. The van der Waals surface area contributed by atoms with E-state index in [1.165, 1.54) is 30.4 Å². The molecule has 10 fully saturated rings. The molecule has 12 aliphatic rings. The number of hydrogen-bond donors (Lipinski definition) is 8. The summed E-state index contributed by atoms with van der Waals surface area (Å²) < 4.78 is 81.2. The highest BCUT2D eigenvalue weighted by molar-refractivity contribution is 5.90. The summed E-state index contributed by atoms with van der Waals surface area (Å²) in [5, 5.41) is 94.9. The number of carbonyl (C=O) groups is 5. The van der Waals surface area contributed by atoms with Crippen LogP contribution in [0.4, 0.5) is 4.79 Å². The average Bonchev–Trinajstić information content (AvgIpc) is 1.54. The first-order valence-corrected chi connectivity index (χ1v) is 44.4.